The third kappa shape index (κ3) is 4.87. The zero-order valence-corrected chi connectivity index (χ0v) is 21.7. The molecule has 1 fully saturated rings. The minimum Gasteiger partial charge on any atom is -0.372 e. The van der Waals surface area contributed by atoms with Crippen LogP contribution in [-0.4, -0.2) is 58.8 Å². The number of nitrogens with zero attached hydrogens (tertiary/aromatic N) is 6. The van der Waals surface area contributed by atoms with Gasteiger partial charge in [0.2, 0.25) is 5.13 Å². The molecule has 1 aromatic carbocycles. The van der Waals surface area contributed by atoms with E-state index in [1.54, 1.807) is 19.9 Å². The molecule has 0 aliphatic carbocycles. The van der Waals surface area contributed by atoms with Crippen LogP contribution in [0.25, 0.3) is 15.6 Å². The van der Waals surface area contributed by atoms with Gasteiger partial charge in [-0.3, -0.25) is 19.4 Å². The molecule has 11 heteroatoms. The molecule has 0 unspecified atom stereocenters. The molecule has 3 aromatic rings. The lowest BCUT2D eigenvalue weighted by Gasteiger charge is -2.32. The van der Waals surface area contributed by atoms with Gasteiger partial charge in [0, 0.05) is 36.7 Å². The number of thiophene rings is 1. The lowest BCUT2D eigenvalue weighted by Crippen LogP contribution is -2.56. The zero-order chi connectivity index (χ0) is 25.1. The number of aromatic nitrogens is 1. The number of fused-ring (bicyclic) bond motifs is 1. The van der Waals surface area contributed by atoms with Crippen LogP contribution in [0.3, 0.4) is 0 Å². The van der Waals surface area contributed by atoms with E-state index in [2.05, 4.69) is 34.0 Å². The number of imide groups is 2. The summed E-state index contributed by atoms with van der Waals surface area (Å²) in [5, 5.41) is 9.10. The highest BCUT2D eigenvalue weighted by molar-refractivity contribution is 7.29. The van der Waals surface area contributed by atoms with Crippen LogP contribution in [-0.2, 0) is 9.59 Å². The number of hydrogen-bond acceptors (Lipinski definition) is 9. The predicted octanol–water partition coefficient (Wildman–Crippen LogP) is 5.83. The Hall–Kier alpha value is -3.44. The molecule has 9 nitrogen and oxygen atoms in total. The van der Waals surface area contributed by atoms with Gasteiger partial charge in [0.1, 0.15) is 10.4 Å². The Morgan fingerprint density at radius 3 is 2.09 bits per heavy atom. The van der Waals surface area contributed by atoms with E-state index in [4.69, 9.17) is 0 Å². The Kier molecular flexibility index (Phi) is 7.37. The lowest BCUT2D eigenvalue weighted by molar-refractivity contribution is -0.135. The molecule has 35 heavy (non-hydrogen) atoms. The second-order valence-corrected chi connectivity index (χ2v) is 9.71. The smallest absolute Gasteiger partial charge is 0.333 e. The van der Waals surface area contributed by atoms with E-state index in [0.29, 0.717) is 10.0 Å². The number of hydrogen-bond donors (Lipinski definition) is 0. The van der Waals surface area contributed by atoms with Crippen molar-refractivity contribution in [2.45, 2.75) is 27.7 Å². The number of benzene rings is 1. The van der Waals surface area contributed by atoms with Crippen LogP contribution in [0.4, 0.5) is 21.3 Å². The summed E-state index contributed by atoms with van der Waals surface area (Å²) in [4.78, 5) is 48.2. The van der Waals surface area contributed by atoms with E-state index >= 15 is 0 Å². The van der Waals surface area contributed by atoms with E-state index in [1.165, 1.54) is 22.7 Å². The number of carbonyl (C=O) groups excluding carboxylic acids is 3. The first-order valence-electron chi connectivity index (χ1n) is 11.5. The van der Waals surface area contributed by atoms with Crippen LogP contribution in [0.1, 0.15) is 32.6 Å². The second-order valence-electron chi connectivity index (χ2n) is 7.64. The topological polar surface area (TPSA) is 98.5 Å². The van der Waals surface area contributed by atoms with E-state index in [9.17, 15) is 14.4 Å². The molecule has 1 aliphatic rings. The number of azo groups is 1. The van der Waals surface area contributed by atoms with Gasteiger partial charge in [-0.2, -0.15) is 0 Å². The molecule has 0 saturated carbocycles. The highest BCUT2D eigenvalue weighted by Gasteiger charge is 2.40. The zero-order valence-electron chi connectivity index (χ0n) is 20.0. The van der Waals surface area contributed by atoms with Crippen LogP contribution in [0.15, 0.2) is 46.1 Å². The Labute approximate surface area is 211 Å². The Balaban J connectivity index is 1.53. The summed E-state index contributed by atoms with van der Waals surface area (Å²) in [6, 6.07) is 9.21. The largest absolute Gasteiger partial charge is 0.372 e. The molecular weight excluding hydrogens is 484 g/mol. The molecule has 2 aromatic heterocycles. The van der Waals surface area contributed by atoms with Crippen molar-refractivity contribution in [2.75, 3.05) is 31.1 Å². The highest BCUT2D eigenvalue weighted by Crippen LogP contribution is 2.36. The van der Waals surface area contributed by atoms with Crippen molar-refractivity contribution in [3.05, 3.63) is 40.8 Å². The van der Waals surface area contributed by atoms with Crippen LogP contribution < -0.4 is 4.90 Å². The van der Waals surface area contributed by atoms with Crippen molar-refractivity contribution in [3.63, 3.8) is 0 Å². The van der Waals surface area contributed by atoms with Crippen LogP contribution in [0, 0.1) is 0 Å². The first kappa shape index (κ1) is 24.7. The molecule has 182 valence electrons. The van der Waals surface area contributed by atoms with Gasteiger partial charge in [-0.15, -0.1) is 21.6 Å². The highest BCUT2D eigenvalue weighted by atomic mass is 32.1. The van der Waals surface area contributed by atoms with Crippen LogP contribution >= 0.6 is 22.7 Å². The number of carbonyl (C=O) groups is 3. The summed E-state index contributed by atoms with van der Waals surface area (Å²) >= 11 is 2.74. The first-order valence-corrected chi connectivity index (χ1v) is 13.1. The van der Waals surface area contributed by atoms with Gasteiger partial charge in [0.05, 0.1) is 10.4 Å². The molecule has 4 amide bonds. The Bertz CT molecular complexity index is 1260. The summed E-state index contributed by atoms with van der Waals surface area (Å²) in [7, 11) is 0. The van der Waals surface area contributed by atoms with Gasteiger partial charge < -0.3 is 4.90 Å². The van der Waals surface area contributed by atoms with Gasteiger partial charge in [-0.25, -0.2) is 9.78 Å². The van der Waals surface area contributed by atoms with Crippen molar-refractivity contribution < 1.29 is 14.4 Å². The van der Waals surface area contributed by atoms with Crippen LogP contribution in [0.5, 0.6) is 0 Å². The quantitative estimate of drug-likeness (QED) is 0.216. The SMILES string of the molecule is CCN1C(=O)C(=Cc2cc3sc(N=Nc4ccc(N(CC)CC)cc4)nc3s2)C(=O)N(CC)C1=O. The fraction of sp³-hybridized carbons (Fsp3) is 0.333. The maximum atomic E-state index is 12.7. The summed E-state index contributed by atoms with van der Waals surface area (Å²) in [5.41, 5.74) is 1.87. The van der Waals surface area contributed by atoms with Crippen molar-refractivity contribution in [1.29, 1.82) is 0 Å². The first-order chi connectivity index (χ1) is 16.9. The van der Waals surface area contributed by atoms with Crippen molar-refractivity contribution in [2.24, 2.45) is 10.2 Å². The van der Waals surface area contributed by atoms with Gasteiger partial charge in [0.25, 0.3) is 11.8 Å². The Morgan fingerprint density at radius 1 is 0.914 bits per heavy atom. The lowest BCUT2D eigenvalue weighted by atomic mass is 10.1. The molecule has 1 saturated heterocycles. The average molecular weight is 511 g/mol. The number of urea groups is 1. The molecule has 1 aliphatic heterocycles. The molecule has 0 N–H and O–H groups in total. The van der Waals surface area contributed by atoms with Gasteiger partial charge in [-0.05, 0) is 64.1 Å². The average Bonchev–Trinajstić information content (AvgIpc) is 3.41. The summed E-state index contributed by atoms with van der Waals surface area (Å²) in [6.45, 7) is 9.95. The maximum absolute atomic E-state index is 12.7. The normalized spacial score (nSPS) is 14.6. The third-order valence-corrected chi connectivity index (χ3v) is 7.65. The fourth-order valence-electron chi connectivity index (χ4n) is 3.80. The molecule has 0 spiro atoms. The van der Waals surface area contributed by atoms with Gasteiger partial charge >= 0.3 is 6.03 Å². The summed E-state index contributed by atoms with van der Waals surface area (Å²) in [6.07, 6.45) is 1.54. The number of anilines is 1. The van der Waals surface area contributed by atoms with Crippen molar-refractivity contribution >= 4 is 72.6 Å². The number of amides is 4. The Morgan fingerprint density at radius 2 is 1.54 bits per heavy atom. The summed E-state index contributed by atoms with van der Waals surface area (Å²) < 4.78 is 0.888. The number of thiazole rings is 1. The van der Waals surface area contributed by atoms with E-state index in [0.717, 1.165) is 43.8 Å². The summed E-state index contributed by atoms with van der Waals surface area (Å²) in [5.74, 6) is -1.14. The molecule has 3 heterocycles. The third-order valence-electron chi connectivity index (χ3n) is 5.66. The monoisotopic (exact) mass is 510 g/mol. The van der Waals surface area contributed by atoms with Crippen molar-refractivity contribution in [3.8, 4) is 0 Å². The fourth-order valence-corrected chi connectivity index (χ4v) is 5.78. The van der Waals surface area contributed by atoms with Gasteiger partial charge in [0.15, 0.2) is 0 Å². The number of likely N-dealkylation sites (N-methyl/N-ethyl adjacent to an activating group) is 2. The number of barbiturate groups is 1. The van der Waals surface area contributed by atoms with E-state index in [-0.39, 0.29) is 18.7 Å². The minimum atomic E-state index is -0.575. The molecular formula is C24H26N6O3S2. The maximum Gasteiger partial charge on any atom is 0.333 e. The van der Waals surface area contributed by atoms with E-state index < -0.39 is 17.8 Å². The van der Waals surface area contributed by atoms with Crippen molar-refractivity contribution in [1.82, 2.24) is 14.8 Å². The standard InChI is InChI=1S/C24H26N6O3S2/c1-5-28(6-2)16-11-9-15(10-12-16)26-27-23-25-20-19(35-23)14-17(34-20)13-18-21(31)29(7-3)24(33)30(8-4)22(18)32/h9-14H,5-8H2,1-4H3. The molecule has 0 atom stereocenters. The van der Waals surface area contributed by atoms with E-state index in [1.807, 2.05) is 30.3 Å². The minimum absolute atomic E-state index is 0.0183. The second kappa shape index (κ2) is 10.4. The predicted molar refractivity (Wildman–Crippen MR) is 140 cm³/mol. The van der Waals surface area contributed by atoms with Crippen LogP contribution in [0.2, 0.25) is 0 Å². The molecule has 0 radical (unpaired) electrons. The molecule has 4 rings (SSSR count). The number of rotatable bonds is 8. The molecule has 0 bridgehead atoms. The van der Waals surface area contributed by atoms with Gasteiger partial charge in [-0.1, -0.05) is 11.3 Å².